The minimum absolute atomic E-state index is 0.377. The maximum absolute atomic E-state index is 12.5. The molecule has 7 heteroatoms. The first-order valence-corrected chi connectivity index (χ1v) is 7.18. The Morgan fingerprint density at radius 2 is 2.05 bits per heavy atom. The maximum atomic E-state index is 12.5. The monoisotopic (exact) mass is 288 g/mol. The van der Waals surface area contributed by atoms with Gasteiger partial charge in [0.1, 0.15) is 0 Å². The van der Waals surface area contributed by atoms with Crippen molar-refractivity contribution in [2.75, 3.05) is 6.26 Å². The number of rotatable bonds is 2. The van der Waals surface area contributed by atoms with E-state index in [1.54, 1.807) is 6.92 Å². The molecule has 0 fully saturated rings. The molecule has 0 aromatic heterocycles. The van der Waals surface area contributed by atoms with Crippen molar-refractivity contribution in [3.05, 3.63) is 41.2 Å². The molecule has 0 saturated heterocycles. The summed E-state index contributed by atoms with van der Waals surface area (Å²) in [5.74, 6) is 0. The minimum atomic E-state index is -4.46. The third-order valence-corrected chi connectivity index (χ3v) is 4.65. The fourth-order valence-electron chi connectivity index (χ4n) is 1.35. The van der Waals surface area contributed by atoms with Gasteiger partial charge < -0.3 is 0 Å². The Labute approximate surface area is 109 Å². The molecule has 19 heavy (non-hydrogen) atoms. The first-order valence-electron chi connectivity index (χ1n) is 5.19. The van der Waals surface area contributed by atoms with Crippen molar-refractivity contribution in [1.29, 1.82) is 5.26 Å². The van der Waals surface area contributed by atoms with Crippen molar-refractivity contribution in [3.8, 4) is 6.19 Å². The number of alkyl halides is 3. The van der Waals surface area contributed by atoms with Gasteiger partial charge in [-0.05, 0) is 30.7 Å². The Morgan fingerprint density at radius 3 is 2.58 bits per heavy atom. The third kappa shape index (κ3) is 3.85. The molecular formula is C12H11F3N2OS. The van der Waals surface area contributed by atoms with Crippen LogP contribution in [0.2, 0.25) is 0 Å². The molecule has 0 amide bonds. The fraction of sp³-hybridized carbons (Fsp3) is 0.333. The summed E-state index contributed by atoms with van der Waals surface area (Å²) in [6.45, 7) is 1.54. The van der Waals surface area contributed by atoms with Crippen molar-refractivity contribution in [3.63, 3.8) is 0 Å². The van der Waals surface area contributed by atoms with E-state index in [4.69, 9.17) is 5.26 Å². The SMILES string of the molecule is CC(C1=CC=C(C(F)(F)F)C=C=C1)S(C)(=O)=NC#N. The number of allylic oxidation sites excluding steroid dienone is 4. The second-order valence-corrected chi connectivity index (χ2v) is 6.55. The van der Waals surface area contributed by atoms with E-state index in [2.05, 4.69) is 10.1 Å². The number of halogens is 3. The Hall–Kier alpha value is -1.77. The zero-order chi connectivity index (χ0) is 14.7. The second kappa shape index (κ2) is 5.47. The van der Waals surface area contributed by atoms with Gasteiger partial charge in [0.25, 0.3) is 0 Å². The highest BCUT2D eigenvalue weighted by molar-refractivity contribution is 7.93. The van der Waals surface area contributed by atoms with Crippen LogP contribution in [0.15, 0.2) is 45.5 Å². The van der Waals surface area contributed by atoms with Crippen LogP contribution >= 0.6 is 0 Å². The van der Waals surface area contributed by atoms with Crippen molar-refractivity contribution >= 4 is 9.73 Å². The van der Waals surface area contributed by atoms with Crippen molar-refractivity contribution in [1.82, 2.24) is 0 Å². The molecule has 1 aliphatic rings. The fourth-order valence-corrected chi connectivity index (χ4v) is 2.32. The molecule has 1 aliphatic carbocycles. The van der Waals surface area contributed by atoms with E-state index >= 15 is 0 Å². The van der Waals surface area contributed by atoms with Gasteiger partial charge in [-0.2, -0.15) is 18.4 Å². The molecule has 2 unspecified atom stereocenters. The Kier molecular flexibility index (Phi) is 4.40. The summed E-state index contributed by atoms with van der Waals surface area (Å²) in [7, 11) is -2.83. The van der Waals surface area contributed by atoms with Gasteiger partial charge in [0, 0.05) is 6.26 Å². The maximum Gasteiger partial charge on any atom is 0.417 e. The van der Waals surface area contributed by atoms with E-state index in [0.717, 1.165) is 12.2 Å². The molecule has 0 aliphatic heterocycles. The summed E-state index contributed by atoms with van der Waals surface area (Å²) in [6.07, 6.45) is 2.54. The van der Waals surface area contributed by atoms with Gasteiger partial charge in [0.2, 0.25) is 6.19 Å². The average molecular weight is 288 g/mol. The molecule has 0 heterocycles. The normalized spacial score (nSPS) is 19.6. The van der Waals surface area contributed by atoms with Crippen molar-refractivity contribution < 1.29 is 17.4 Å². The topological polar surface area (TPSA) is 53.2 Å². The van der Waals surface area contributed by atoms with E-state index in [-0.39, 0.29) is 0 Å². The molecule has 0 aromatic rings. The molecule has 3 nitrogen and oxygen atoms in total. The summed E-state index contributed by atoms with van der Waals surface area (Å²) >= 11 is 0. The quantitative estimate of drug-likeness (QED) is 0.579. The lowest BCUT2D eigenvalue weighted by Crippen LogP contribution is -2.17. The summed E-state index contributed by atoms with van der Waals surface area (Å²) < 4.78 is 52.9. The zero-order valence-corrected chi connectivity index (χ0v) is 11.0. The molecular weight excluding hydrogens is 277 g/mol. The number of nitriles is 1. The van der Waals surface area contributed by atoms with Gasteiger partial charge >= 0.3 is 6.18 Å². The highest BCUT2D eigenvalue weighted by atomic mass is 32.2. The van der Waals surface area contributed by atoms with Crippen LogP contribution < -0.4 is 0 Å². The lowest BCUT2D eigenvalue weighted by atomic mass is 10.2. The number of hydrogen-bond acceptors (Lipinski definition) is 3. The molecule has 0 bridgehead atoms. The molecule has 0 saturated carbocycles. The van der Waals surface area contributed by atoms with Gasteiger partial charge in [-0.1, -0.05) is 6.08 Å². The first kappa shape index (κ1) is 15.3. The summed E-state index contributed by atoms with van der Waals surface area (Å²) in [5, 5.41) is 7.78. The second-order valence-electron chi connectivity index (χ2n) is 3.94. The summed E-state index contributed by atoms with van der Waals surface area (Å²) in [4.78, 5) is 0. The number of nitrogens with zero attached hydrogens (tertiary/aromatic N) is 2. The largest absolute Gasteiger partial charge is 0.417 e. The van der Waals surface area contributed by atoms with E-state index in [9.17, 15) is 17.4 Å². The Morgan fingerprint density at radius 1 is 1.42 bits per heavy atom. The minimum Gasteiger partial charge on any atom is -0.248 e. The van der Waals surface area contributed by atoms with Crippen LogP contribution in [0, 0.1) is 11.5 Å². The lowest BCUT2D eigenvalue weighted by Gasteiger charge is -2.12. The molecule has 0 radical (unpaired) electrons. The predicted octanol–water partition coefficient (Wildman–Crippen LogP) is 3.09. The lowest BCUT2D eigenvalue weighted by molar-refractivity contribution is -0.0881. The highest BCUT2D eigenvalue weighted by Gasteiger charge is 2.31. The van der Waals surface area contributed by atoms with E-state index < -0.39 is 26.7 Å². The van der Waals surface area contributed by atoms with Gasteiger partial charge in [0.05, 0.1) is 20.6 Å². The van der Waals surface area contributed by atoms with Crippen LogP contribution in [0.3, 0.4) is 0 Å². The molecule has 0 N–H and O–H groups in total. The van der Waals surface area contributed by atoms with Crippen molar-refractivity contribution in [2.24, 2.45) is 4.36 Å². The predicted molar refractivity (Wildman–Crippen MR) is 66.4 cm³/mol. The van der Waals surface area contributed by atoms with E-state index in [1.165, 1.54) is 24.6 Å². The highest BCUT2D eigenvalue weighted by Crippen LogP contribution is 2.28. The molecule has 1 rings (SSSR count). The van der Waals surface area contributed by atoms with Crippen LogP contribution in [-0.4, -0.2) is 21.9 Å². The van der Waals surface area contributed by atoms with E-state index in [1.807, 2.05) is 0 Å². The van der Waals surface area contributed by atoms with Crippen LogP contribution in [0.25, 0.3) is 0 Å². The standard InChI is InChI=1S/C12H11F3N2OS/c1-9(19(2,18)17-8-16)10-4-3-5-11(7-6-10)12(13,14)15/h4-7,9H,1-2H3. The molecule has 0 aromatic carbocycles. The molecule has 102 valence electrons. The van der Waals surface area contributed by atoms with Crippen LogP contribution in [-0.2, 0) is 9.73 Å². The van der Waals surface area contributed by atoms with Crippen LogP contribution in [0.4, 0.5) is 13.2 Å². The van der Waals surface area contributed by atoms with Crippen LogP contribution in [0.5, 0.6) is 0 Å². The Balaban J connectivity index is 3.21. The van der Waals surface area contributed by atoms with Gasteiger partial charge in [0.15, 0.2) is 0 Å². The summed E-state index contributed by atoms with van der Waals surface area (Å²) in [6, 6.07) is 0. The van der Waals surface area contributed by atoms with Gasteiger partial charge in [-0.25, -0.2) is 4.21 Å². The molecule has 2 atom stereocenters. The Bertz CT molecular complexity index is 649. The third-order valence-electron chi connectivity index (χ3n) is 2.62. The van der Waals surface area contributed by atoms with Crippen molar-refractivity contribution in [2.45, 2.75) is 18.3 Å². The van der Waals surface area contributed by atoms with E-state index in [0.29, 0.717) is 5.57 Å². The smallest absolute Gasteiger partial charge is 0.248 e. The average Bonchev–Trinajstić information content (AvgIpc) is 2.52. The summed E-state index contributed by atoms with van der Waals surface area (Å²) in [5.41, 5.74) is 1.93. The zero-order valence-electron chi connectivity index (χ0n) is 10.2. The van der Waals surface area contributed by atoms with Crippen LogP contribution in [0.1, 0.15) is 6.92 Å². The first-order chi connectivity index (χ1) is 8.68. The van der Waals surface area contributed by atoms with Gasteiger partial charge in [-0.15, -0.1) is 10.1 Å². The number of hydrogen-bond donors (Lipinski definition) is 0. The molecule has 0 spiro atoms. The van der Waals surface area contributed by atoms with Gasteiger partial charge in [-0.3, -0.25) is 0 Å².